The number of amidine groups is 1. The molecule has 2 aromatic rings. The number of nitro groups is 1. The van der Waals surface area contributed by atoms with Crippen molar-refractivity contribution in [3.63, 3.8) is 0 Å². The van der Waals surface area contributed by atoms with Gasteiger partial charge in [0.15, 0.2) is 0 Å². The molecule has 0 aliphatic carbocycles. The van der Waals surface area contributed by atoms with Crippen LogP contribution in [0, 0.1) is 17.0 Å². The Morgan fingerprint density at radius 1 is 1.07 bits per heavy atom. The zero-order valence-electron chi connectivity index (χ0n) is 15.7. The van der Waals surface area contributed by atoms with Gasteiger partial charge in [-0.3, -0.25) is 10.1 Å². The fourth-order valence-corrected chi connectivity index (χ4v) is 4.24. The van der Waals surface area contributed by atoms with E-state index >= 15 is 0 Å². The van der Waals surface area contributed by atoms with E-state index in [1.165, 1.54) is 12.1 Å². The van der Waals surface area contributed by atoms with Gasteiger partial charge in [0.2, 0.25) is 0 Å². The lowest BCUT2D eigenvalue weighted by atomic mass is 10.1. The Morgan fingerprint density at radius 2 is 1.75 bits per heavy atom. The monoisotopic (exact) mass is 401 g/mol. The number of aryl methyl sites for hydroxylation is 1. The molecular weight excluding hydrogens is 378 g/mol. The first-order valence-corrected chi connectivity index (χ1v) is 10.7. The Balaban J connectivity index is 1.73. The zero-order chi connectivity index (χ0) is 20.1. The summed E-state index contributed by atoms with van der Waals surface area (Å²) in [5.74, 6) is 0.591. The summed E-state index contributed by atoms with van der Waals surface area (Å²) < 4.78 is 29.4. The Bertz CT molecular complexity index is 968. The van der Waals surface area contributed by atoms with E-state index in [0.29, 0.717) is 25.2 Å². The number of hydrogen-bond acceptors (Lipinski definition) is 4. The van der Waals surface area contributed by atoms with Gasteiger partial charge in [-0.2, -0.15) is 8.42 Å². The lowest BCUT2D eigenvalue weighted by Crippen LogP contribution is -2.37. The predicted octanol–water partition coefficient (Wildman–Crippen LogP) is 3.72. The van der Waals surface area contributed by atoms with Crippen molar-refractivity contribution in [3.8, 4) is 0 Å². The second-order valence-corrected chi connectivity index (χ2v) is 8.52. The highest BCUT2D eigenvalue weighted by Crippen LogP contribution is 2.19. The van der Waals surface area contributed by atoms with Gasteiger partial charge in [-0.15, -0.1) is 4.40 Å². The van der Waals surface area contributed by atoms with E-state index in [1.807, 2.05) is 11.8 Å². The minimum absolute atomic E-state index is 0.0631. The number of non-ortho nitro benzene ring substituents is 1. The van der Waals surface area contributed by atoms with Gasteiger partial charge in [-0.1, -0.05) is 29.8 Å². The van der Waals surface area contributed by atoms with Gasteiger partial charge in [0.05, 0.1) is 9.82 Å². The van der Waals surface area contributed by atoms with Gasteiger partial charge >= 0.3 is 0 Å². The third-order valence-corrected chi connectivity index (χ3v) is 6.12. The molecule has 0 spiro atoms. The van der Waals surface area contributed by atoms with Gasteiger partial charge in [0.25, 0.3) is 15.7 Å². The molecule has 28 heavy (non-hydrogen) atoms. The lowest BCUT2D eigenvalue weighted by Gasteiger charge is -2.30. The zero-order valence-corrected chi connectivity index (χ0v) is 16.6. The third-order valence-electron chi connectivity index (χ3n) is 4.81. The first-order chi connectivity index (χ1) is 13.3. The maximum absolute atomic E-state index is 12.7. The van der Waals surface area contributed by atoms with Crippen LogP contribution in [0.25, 0.3) is 0 Å². The number of nitro benzene ring substituents is 1. The molecule has 0 atom stereocenters. The maximum atomic E-state index is 12.7. The molecule has 1 fully saturated rings. The smallest absolute Gasteiger partial charge is 0.283 e. The molecule has 0 aromatic heterocycles. The molecule has 0 radical (unpaired) electrons. The van der Waals surface area contributed by atoms with E-state index in [9.17, 15) is 18.5 Å². The van der Waals surface area contributed by atoms with Crippen LogP contribution in [0.1, 0.15) is 30.4 Å². The Kier molecular flexibility index (Phi) is 6.08. The average molecular weight is 401 g/mol. The van der Waals surface area contributed by atoms with E-state index in [1.54, 1.807) is 36.4 Å². The summed E-state index contributed by atoms with van der Waals surface area (Å²) in [5.41, 5.74) is 2.03. The highest BCUT2D eigenvalue weighted by Gasteiger charge is 2.21. The summed E-state index contributed by atoms with van der Waals surface area (Å²) in [4.78, 5) is 12.5. The van der Waals surface area contributed by atoms with Crippen LogP contribution in [0.3, 0.4) is 0 Å². The van der Waals surface area contributed by atoms with E-state index in [-0.39, 0.29) is 10.6 Å². The van der Waals surface area contributed by atoms with Crippen LogP contribution in [0.5, 0.6) is 0 Å². The van der Waals surface area contributed by atoms with Crippen molar-refractivity contribution in [2.75, 3.05) is 13.1 Å². The highest BCUT2D eigenvalue weighted by atomic mass is 32.2. The topological polar surface area (TPSA) is 92.9 Å². The first kappa shape index (κ1) is 20.0. The van der Waals surface area contributed by atoms with Crippen molar-refractivity contribution >= 4 is 21.5 Å². The second kappa shape index (κ2) is 8.52. The minimum atomic E-state index is -3.74. The largest absolute Gasteiger partial charge is 0.359 e. The van der Waals surface area contributed by atoms with Crippen molar-refractivity contribution in [1.29, 1.82) is 0 Å². The molecule has 8 heteroatoms. The molecule has 0 unspecified atom stereocenters. The van der Waals surface area contributed by atoms with Crippen molar-refractivity contribution in [3.05, 3.63) is 69.8 Å². The van der Waals surface area contributed by atoms with E-state index in [0.717, 1.165) is 30.5 Å². The van der Waals surface area contributed by atoms with Gasteiger partial charge in [-0.05, 0) is 43.9 Å². The normalized spacial score (nSPS) is 16.3. The molecule has 148 valence electrons. The SMILES string of the molecule is Cc1ccc(S(=O)(=O)/N=C2\CCCCN2CCc2ccc([N+](=O)[O-])cc2)cc1. The van der Waals surface area contributed by atoms with E-state index in [4.69, 9.17) is 0 Å². The summed E-state index contributed by atoms with van der Waals surface area (Å²) in [6.07, 6.45) is 3.20. The molecule has 0 saturated carbocycles. The quantitative estimate of drug-likeness (QED) is 0.543. The van der Waals surface area contributed by atoms with Gasteiger partial charge in [-0.25, -0.2) is 0 Å². The average Bonchev–Trinajstić information content (AvgIpc) is 2.68. The number of rotatable bonds is 6. The van der Waals surface area contributed by atoms with Crippen LogP contribution < -0.4 is 0 Å². The van der Waals surface area contributed by atoms with Crippen LogP contribution in [0.2, 0.25) is 0 Å². The van der Waals surface area contributed by atoms with Gasteiger partial charge in [0, 0.05) is 31.6 Å². The Hall–Kier alpha value is -2.74. The Labute approximate surface area is 164 Å². The molecule has 1 aliphatic rings. The number of sulfonamides is 1. The molecule has 0 bridgehead atoms. The van der Waals surface area contributed by atoms with Crippen LogP contribution in [-0.2, 0) is 16.4 Å². The number of benzene rings is 2. The van der Waals surface area contributed by atoms with Crippen LogP contribution in [0.4, 0.5) is 5.69 Å². The molecule has 3 rings (SSSR count). The first-order valence-electron chi connectivity index (χ1n) is 9.24. The molecule has 7 nitrogen and oxygen atoms in total. The van der Waals surface area contributed by atoms with Gasteiger partial charge < -0.3 is 4.90 Å². The fourth-order valence-electron chi connectivity index (χ4n) is 3.17. The van der Waals surface area contributed by atoms with Crippen LogP contribution in [-0.4, -0.2) is 37.2 Å². The number of likely N-dealkylation sites (tertiary alicyclic amines) is 1. The van der Waals surface area contributed by atoms with Crippen molar-refractivity contribution in [1.82, 2.24) is 4.90 Å². The molecule has 0 amide bonds. The molecule has 1 heterocycles. The number of piperidine rings is 1. The summed E-state index contributed by atoms with van der Waals surface area (Å²) in [7, 11) is -3.74. The minimum Gasteiger partial charge on any atom is -0.359 e. The number of nitrogens with zero attached hydrogens (tertiary/aromatic N) is 3. The molecule has 1 aliphatic heterocycles. The molecular formula is C20H23N3O4S. The summed E-state index contributed by atoms with van der Waals surface area (Å²) in [5, 5.41) is 10.8. The molecule has 1 saturated heterocycles. The summed E-state index contributed by atoms with van der Waals surface area (Å²) in [6, 6.07) is 13.1. The second-order valence-electron chi connectivity index (χ2n) is 6.91. The van der Waals surface area contributed by atoms with Crippen molar-refractivity contribution < 1.29 is 13.3 Å². The molecule has 2 aromatic carbocycles. The Morgan fingerprint density at radius 3 is 2.39 bits per heavy atom. The fraction of sp³-hybridized carbons (Fsp3) is 0.350. The van der Waals surface area contributed by atoms with E-state index in [2.05, 4.69) is 4.40 Å². The standard InChI is InChI=1S/C20H23N3O4S/c1-16-5-11-19(12-6-16)28(26,27)21-20-4-2-3-14-22(20)15-13-17-7-9-18(10-8-17)23(24)25/h5-12H,2-4,13-15H2,1H3/b21-20+. The van der Waals surface area contributed by atoms with Crippen LogP contribution >= 0.6 is 0 Å². The summed E-state index contributed by atoms with van der Waals surface area (Å²) >= 11 is 0. The number of hydrogen-bond donors (Lipinski definition) is 0. The molecule has 0 N–H and O–H groups in total. The highest BCUT2D eigenvalue weighted by molar-refractivity contribution is 7.90. The van der Waals surface area contributed by atoms with Gasteiger partial charge in [0.1, 0.15) is 5.84 Å². The maximum Gasteiger partial charge on any atom is 0.283 e. The van der Waals surface area contributed by atoms with Crippen molar-refractivity contribution in [2.24, 2.45) is 4.40 Å². The van der Waals surface area contributed by atoms with Crippen LogP contribution in [0.15, 0.2) is 57.8 Å². The van der Waals surface area contributed by atoms with E-state index < -0.39 is 14.9 Å². The lowest BCUT2D eigenvalue weighted by molar-refractivity contribution is -0.384. The van der Waals surface area contributed by atoms with Crippen molar-refractivity contribution in [2.45, 2.75) is 37.5 Å². The third kappa shape index (κ3) is 4.95. The summed E-state index contributed by atoms with van der Waals surface area (Å²) in [6.45, 7) is 3.29. The predicted molar refractivity (Wildman–Crippen MR) is 108 cm³/mol.